The van der Waals surface area contributed by atoms with Crippen molar-refractivity contribution < 1.29 is 0 Å². The van der Waals surface area contributed by atoms with Crippen LogP contribution >= 0.6 is 23.8 Å². The summed E-state index contributed by atoms with van der Waals surface area (Å²) >= 11 is 11.2. The normalized spacial score (nSPS) is 10.4. The van der Waals surface area contributed by atoms with Crippen molar-refractivity contribution in [1.29, 1.82) is 0 Å². The van der Waals surface area contributed by atoms with Gasteiger partial charge in [-0.15, -0.1) is 0 Å². The molecule has 0 aliphatic rings. The number of benzene rings is 2. The van der Waals surface area contributed by atoms with Crippen LogP contribution in [0.5, 0.6) is 0 Å². The van der Waals surface area contributed by atoms with Crippen LogP contribution in [0.1, 0.15) is 11.1 Å². The number of rotatable bonds is 5. The van der Waals surface area contributed by atoms with Crippen LogP contribution in [-0.2, 0) is 13.1 Å². The van der Waals surface area contributed by atoms with Crippen LogP contribution in [0.2, 0.25) is 5.02 Å². The van der Waals surface area contributed by atoms with E-state index in [1.807, 2.05) is 53.3 Å². The summed E-state index contributed by atoms with van der Waals surface area (Å²) in [5, 5.41) is 12.0. The van der Waals surface area contributed by atoms with Crippen LogP contribution in [0.25, 0.3) is 0 Å². The van der Waals surface area contributed by atoms with Crippen LogP contribution in [0, 0.1) is 0 Å². The molecular weight excluding hydrogens is 340 g/mol. The minimum atomic E-state index is 0.574. The number of nitrogens with zero attached hydrogens (tertiary/aromatic N) is 2. The molecular formula is C18H17ClN4S. The molecule has 1 aromatic heterocycles. The Hall–Kier alpha value is -2.37. The van der Waals surface area contributed by atoms with Crippen molar-refractivity contribution in [3.8, 4) is 0 Å². The standard InChI is InChI=1S/C18H17ClN4S/c19-16-8-6-15(7-9-16)12-23-13-17(11-21-23)22-18(24)20-10-14-4-2-1-3-5-14/h1-9,11,13H,10,12H2,(H2,20,22,24). The van der Waals surface area contributed by atoms with Crippen molar-refractivity contribution in [2.24, 2.45) is 0 Å². The molecule has 0 saturated heterocycles. The third-order valence-corrected chi connectivity index (χ3v) is 3.94. The van der Waals surface area contributed by atoms with Gasteiger partial charge >= 0.3 is 0 Å². The first-order valence-electron chi connectivity index (χ1n) is 7.55. The average Bonchev–Trinajstić information content (AvgIpc) is 3.03. The lowest BCUT2D eigenvalue weighted by Crippen LogP contribution is -2.27. The second kappa shape index (κ2) is 7.95. The largest absolute Gasteiger partial charge is 0.358 e. The SMILES string of the molecule is S=C(NCc1ccccc1)Nc1cnn(Cc2ccc(Cl)cc2)c1. The van der Waals surface area contributed by atoms with E-state index in [1.165, 1.54) is 5.56 Å². The van der Waals surface area contributed by atoms with Crippen LogP contribution in [-0.4, -0.2) is 14.9 Å². The zero-order valence-corrected chi connectivity index (χ0v) is 14.5. The number of halogens is 1. The second-order valence-corrected chi connectivity index (χ2v) is 6.19. The molecule has 24 heavy (non-hydrogen) atoms. The fraction of sp³-hybridized carbons (Fsp3) is 0.111. The zero-order valence-electron chi connectivity index (χ0n) is 12.9. The van der Waals surface area contributed by atoms with Crippen LogP contribution in [0.15, 0.2) is 67.0 Å². The summed E-state index contributed by atoms with van der Waals surface area (Å²) in [6.07, 6.45) is 3.68. The molecule has 0 radical (unpaired) electrons. The van der Waals surface area contributed by atoms with Gasteiger partial charge < -0.3 is 10.6 Å². The van der Waals surface area contributed by atoms with Gasteiger partial charge in [-0.05, 0) is 35.5 Å². The molecule has 0 amide bonds. The summed E-state index contributed by atoms with van der Waals surface area (Å²) in [5.74, 6) is 0. The molecule has 0 atom stereocenters. The van der Waals surface area contributed by atoms with Gasteiger partial charge in [-0.2, -0.15) is 5.10 Å². The summed E-state index contributed by atoms with van der Waals surface area (Å²) in [6.45, 7) is 1.37. The Bertz CT molecular complexity index is 799. The Morgan fingerprint density at radius 2 is 1.79 bits per heavy atom. The van der Waals surface area contributed by atoms with Crippen molar-refractivity contribution in [1.82, 2.24) is 15.1 Å². The fourth-order valence-electron chi connectivity index (χ4n) is 2.24. The maximum absolute atomic E-state index is 5.90. The molecule has 2 aromatic carbocycles. The molecule has 0 fully saturated rings. The molecule has 122 valence electrons. The van der Waals surface area contributed by atoms with Gasteiger partial charge in [0.1, 0.15) is 0 Å². The first kappa shape index (κ1) is 16.5. The predicted molar refractivity (Wildman–Crippen MR) is 102 cm³/mol. The number of nitrogens with one attached hydrogen (secondary N) is 2. The zero-order chi connectivity index (χ0) is 16.8. The highest BCUT2D eigenvalue weighted by molar-refractivity contribution is 7.80. The first-order valence-corrected chi connectivity index (χ1v) is 8.33. The maximum atomic E-state index is 5.90. The van der Waals surface area contributed by atoms with E-state index in [1.54, 1.807) is 6.20 Å². The van der Waals surface area contributed by atoms with E-state index in [0.717, 1.165) is 16.3 Å². The summed E-state index contributed by atoms with van der Waals surface area (Å²) in [5.41, 5.74) is 3.17. The molecule has 6 heteroatoms. The van der Waals surface area contributed by atoms with E-state index in [4.69, 9.17) is 23.8 Å². The van der Waals surface area contributed by atoms with Crippen molar-refractivity contribution in [2.75, 3.05) is 5.32 Å². The molecule has 2 N–H and O–H groups in total. The highest BCUT2D eigenvalue weighted by Crippen LogP contribution is 2.12. The topological polar surface area (TPSA) is 41.9 Å². The van der Waals surface area contributed by atoms with E-state index < -0.39 is 0 Å². The van der Waals surface area contributed by atoms with Crippen molar-refractivity contribution in [2.45, 2.75) is 13.1 Å². The van der Waals surface area contributed by atoms with E-state index in [-0.39, 0.29) is 0 Å². The maximum Gasteiger partial charge on any atom is 0.171 e. The summed E-state index contributed by atoms with van der Waals surface area (Å²) in [4.78, 5) is 0. The highest BCUT2D eigenvalue weighted by Gasteiger charge is 2.02. The molecule has 4 nitrogen and oxygen atoms in total. The molecule has 0 saturated carbocycles. The molecule has 0 aliphatic heterocycles. The average molecular weight is 357 g/mol. The number of anilines is 1. The first-order chi connectivity index (χ1) is 11.7. The highest BCUT2D eigenvalue weighted by atomic mass is 35.5. The van der Waals surface area contributed by atoms with Crippen LogP contribution in [0.4, 0.5) is 5.69 Å². The van der Waals surface area contributed by atoms with E-state index in [0.29, 0.717) is 18.2 Å². The minimum Gasteiger partial charge on any atom is -0.358 e. The van der Waals surface area contributed by atoms with Gasteiger partial charge in [0.2, 0.25) is 0 Å². The van der Waals surface area contributed by atoms with E-state index in [9.17, 15) is 0 Å². The summed E-state index contributed by atoms with van der Waals surface area (Å²) in [6, 6.07) is 17.9. The number of hydrogen-bond acceptors (Lipinski definition) is 2. The third kappa shape index (κ3) is 4.81. The minimum absolute atomic E-state index is 0.574. The number of hydrogen-bond donors (Lipinski definition) is 2. The van der Waals surface area contributed by atoms with E-state index in [2.05, 4.69) is 27.9 Å². The second-order valence-electron chi connectivity index (χ2n) is 5.35. The van der Waals surface area contributed by atoms with Gasteiger partial charge in [0.25, 0.3) is 0 Å². The van der Waals surface area contributed by atoms with Crippen molar-refractivity contribution in [3.05, 3.63) is 83.1 Å². The van der Waals surface area contributed by atoms with Crippen molar-refractivity contribution in [3.63, 3.8) is 0 Å². The fourth-order valence-corrected chi connectivity index (χ4v) is 2.56. The Morgan fingerprint density at radius 3 is 2.54 bits per heavy atom. The van der Waals surface area contributed by atoms with Crippen LogP contribution < -0.4 is 10.6 Å². The Labute approximate surface area is 151 Å². The summed E-state index contributed by atoms with van der Waals surface area (Å²) in [7, 11) is 0. The Kier molecular flexibility index (Phi) is 5.46. The molecule has 0 spiro atoms. The Balaban J connectivity index is 1.51. The quantitative estimate of drug-likeness (QED) is 0.676. The van der Waals surface area contributed by atoms with Crippen molar-refractivity contribution >= 4 is 34.6 Å². The predicted octanol–water partition coefficient (Wildman–Crippen LogP) is 4.07. The lowest BCUT2D eigenvalue weighted by molar-refractivity contribution is 0.687. The molecule has 3 aromatic rings. The third-order valence-electron chi connectivity index (χ3n) is 3.44. The number of thiocarbonyl (C=S) groups is 1. The van der Waals surface area contributed by atoms with Gasteiger partial charge in [-0.3, -0.25) is 4.68 Å². The van der Waals surface area contributed by atoms with Crippen LogP contribution in [0.3, 0.4) is 0 Å². The smallest absolute Gasteiger partial charge is 0.171 e. The molecule has 1 heterocycles. The number of aromatic nitrogens is 2. The van der Waals surface area contributed by atoms with Gasteiger partial charge in [0.15, 0.2) is 5.11 Å². The molecule has 0 bridgehead atoms. The molecule has 3 rings (SSSR count). The molecule has 0 unspecified atom stereocenters. The van der Waals surface area contributed by atoms with Gasteiger partial charge in [0.05, 0.1) is 18.4 Å². The molecule has 0 aliphatic carbocycles. The monoisotopic (exact) mass is 356 g/mol. The lowest BCUT2D eigenvalue weighted by Gasteiger charge is -2.08. The summed E-state index contributed by atoms with van der Waals surface area (Å²) < 4.78 is 1.85. The van der Waals surface area contributed by atoms with Gasteiger partial charge in [0, 0.05) is 17.8 Å². The Morgan fingerprint density at radius 1 is 1.04 bits per heavy atom. The lowest BCUT2D eigenvalue weighted by atomic mass is 10.2. The van der Waals surface area contributed by atoms with Gasteiger partial charge in [-0.1, -0.05) is 54.1 Å². The van der Waals surface area contributed by atoms with Gasteiger partial charge in [-0.25, -0.2) is 0 Å². The van der Waals surface area contributed by atoms with E-state index >= 15 is 0 Å².